The van der Waals surface area contributed by atoms with Gasteiger partial charge >= 0.3 is 0 Å². The minimum Gasteiger partial charge on any atom is -0.381 e. The molecule has 0 unspecified atom stereocenters. The Morgan fingerprint density at radius 1 is 1.33 bits per heavy atom. The number of nitrogens with zero attached hydrogens (tertiary/aromatic N) is 2. The molecule has 0 atom stereocenters. The van der Waals surface area contributed by atoms with Crippen LogP contribution < -0.4 is 11.1 Å². The molecule has 2 heterocycles. The van der Waals surface area contributed by atoms with Crippen LogP contribution in [0.25, 0.3) is 0 Å². The summed E-state index contributed by atoms with van der Waals surface area (Å²) >= 11 is 0. The van der Waals surface area contributed by atoms with Crippen molar-refractivity contribution in [1.82, 2.24) is 9.97 Å². The quantitative estimate of drug-likeness (QED) is 0.846. The minimum atomic E-state index is -0.819. The number of nitrogens with two attached hydrogens (primary N) is 1. The number of pyridine rings is 2. The van der Waals surface area contributed by atoms with E-state index in [1.807, 2.05) is 0 Å². The van der Waals surface area contributed by atoms with Crippen molar-refractivity contribution in [2.75, 3.05) is 11.1 Å². The second-order valence-electron chi connectivity index (χ2n) is 3.70. The van der Waals surface area contributed by atoms with Crippen molar-refractivity contribution in [2.24, 2.45) is 0 Å². The first-order valence-electron chi connectivity index (χ1n) is 5.22. The molecular formula is C12H11FN4O. The highest BCUT2D eigenvalue weighted by Crippen LogP contribution is 2.14. The molecule has 0 saturated heterocycles. The average molecular weight is 246 g/mol. The van der Waals surface area contributed by atoms with E-state index in [1.165, 1.54) is 12.3 Å². The first-order valence-corrected chi connectivity index (χ1v) is 5.22. The molecular weight excluding hydrogens is 235 g/mol. The molecule has 0 aliphatic rings. The molecule has 2 rings (SSSR count). The Hall–Kier alpha value is -2.50. The molecule has 1 amide bonds. The third-order valence-corrected chi connectivity index (χ3v) is 2.32. The average Bonchev–Trinajstić information content (AvgIpc) is 2.32. The molecule has 0 fully saturated rings. The van der Waals surface area contributed by atoms with Crippen LogP contribution in [0.4, 0.5) is 15.9 Å². The number of carbonyl (C=O) groups is 1. The smallest absolute Gasteiger partial charge is 0.258 e. The van der Waals surface area contributed by atoms with Crippen molar-refractivity contribution < 1.29 is 9.18 Å². The van der Waals surface area contributed by atoms with Gasteiger partial charge in [-0.2, -0.15) is 0 Å². The fraction of sp³-hybridized carbons (Fsp3) is 0.0833. The molecule has 3 N–H and O–H groups in total. The number of hydrogen-bond acceptors (Lipinski definition) is 4. The SMILES string of the molecule is Cc1cc(NC(=O)c2ccnc(N)c2F)ccn1. The Bertz CT molecular complexity index is 600. The third-order valence-electron chi connectivity index (χ3n) is 2.32. The summed E-state index contributed by atoms with van der Waals surface area (Å²) in [4.78, 5) is 19.4. The molecule has 92 valence electrons. The molecule has 0 bridgehead atoms. The predicted molar refractivity (Wildman–Crippen MR) is 65.5 cm³/mol. The highest BCUT2D eigenvalue weighted by molar-refractivity contribution is 6.04. The van der Waals surface area contributed by atoms with Gasteiger partial charge in [-0.25, -0.2) is 9.37 Å². The second kappa shape index (κ2) is 4.79. The van der Waals surface area contributed by atoms with Gasteiger partial charge in [-0.05, 0) is 25.1 Å². The van der Waals surface area contributed by atoms with Gasteiger partial charge in [0.1, 0.15) is 0 Å². The van der Waals surface area contributed by atoms with E-state index in [2.05, 4.69) is 15.3 Å². The summed E-state index contributed by atoms with van der Waals surface area (Å²) in [6.07, 6.45) is 2.84. The van der Waals surface area contributed by atoms with Gasteiger partial charge in [-0.1, -0.05) is 0 Å². The summed E-state index contributed by atoms with van der Waals surface area (Å²) in [5, 5.41) is 2.56. The highest BCUT2D eigenvalue weighted by atomic mass is 19.1. The largest absolute Gasteiger partial charge is 0.381 e. The number of nitrogen functional groups attached to an aromatic ring is 1. The lowest BCUT2D eigenvalue weighted by molar-refractivity contribution is 0.102. The van der Waals surface area contributed by atoms with E-state index < -0.39 is 11.7 Å². The van der Waals surface area contributed by atoms with Crippen LogP contribution >= 0.6 is 0 Å². The number of anilines is 2. The van der Waals surface area contributed by atoms with Crippen molar-refractivity contribution >= 4 is 17.4 Å². The van der Waals surface area contributed by atoms with Crippen LogP contribution in [0.2, 0.25) is 0 Å². The van der Waals surface area contributed by atoms with Gasteiger partial charge in [0.25, 0.3) is 5.91 Å². The third kappa shape index (κ3) is 2.42. The zero-order valence-corrected chi connectivity index (χ0v) is 9.64. The molecule has 0 aliphatic carbocycles. The zero-order chi connectivity index (χ0) is 13.1. The summed E-state index contributed by atoms with van der Waals surface area (Å²) < 4.78 is 13.6. The summed E-state index contributed by atoms with van der Waals surface area (Å²) in [6.45, 7) is 1.79. The van der Waals surface area contributed by atoms with Crippen molar-refractivity contribution in [2.45, 2.75) is 6.92 Å². The van der Waals surface area contributed by atoms with E-state index in [0.29, 0.717) is 5.69 Å². The first kappa shape index (κ1) is 12.0. The maximum atomic E-state index is 13.6. The van der Waals surface area contributed by atoms with Crippen LogP contribution in [0.1, 0.15) is 16.1 Å². The number of nitrogens with one attached hydrogen (secondary N) is 1. The summed E-state index contributed by atoms with van der Waals surface area (Å²) in [5.41, 5.74) is 6.45. The van der Waals surface area contributed by atoms with E-state index in [9.17, 15) is 9.18 Å². The van der Waals surface area contributed by atoms with Gasteiger partial charge in [-0.3, -0.25) is 9.78 Å². The molecule has 0 aliphatic heterocycles. The maximum Gasteiger partial charge on any atom is 0.258 e. The van der Waals surface area contributed by atoms with Gasteiger partial charge in [0.2, 0.25) is 0 Å². The Morgan fingerprint density at radius 2 is 2.06 bits per heavy atom. The van der Waals surface area contributed by atoms with Gasteiger partial charge in [0.05, 0.1) is 5.56 Å². The number of aromatic nitrogens is 2. The summed E-state index contributed by atoms with van der Waals surface area (Å²) in [6, 6.07) is 4.57. The molecule has 0 spiro atoms. The van der Waals surface area contributed by atoms with Gasteiger partial charge in [0, 0.05) is 23.8 Å². The number of aryl methyl sites for hydroxylation is 1. The van der Waals surface area contributed by atoms with Crippen molar-refractivity contribution in [1.29, 1.82) is 0 Å². The van der Waals surface area contributed by atoms with E-state index in [0.717, 1.165) is 5.69 Å². The predicted octanol–water partition coefficient (Wildman–Crippen LogP) is 1.76. The molecule has 5 nitrogen and oxygen atoms in total. The topological polar surface area (TPSA) is 80.9 Å². The van der Waals surface area contributed by atoms with Crippen molar-refractivity contribution in [3.05, 3.63) is 47.7 Å². The molecule has 18 heavy (non-hydrogen) atoms. The molecule has 0 aromatic carbocycles. The van der Waals surface area contributed by atoms with E-state index in [1.54, 1.807) is 25.3 Å². The number of amides is 1. The second-order valence-corrected chi connectivity index (χ2v) is 3.70. The van der Waals surface area contributed by atoms with Crippen molar-refractivity contribution in [3.63, 3.8) is 0 Å². The van der Waals surface area contributed by atoms with Crippen LogP contribution in [0.3, 0.4) is 0 Å². The molecule has 2 aromatic heterocycles. The Morgan fingerprint density at radius 3 is 2.78 bits per heavy atom. The zero-order valence-electron chi connectivity index (χ0n) is 9.64. The lowest BCUT2D eigenvalue weighted by Crippen LogP contribution is -2.15. The first-order chi connectivity index (χ1) is 8.58. The highest BCUT2D eigenvalue weighted by Gasteiger charge is 2.14. The van der Waals surface area contributed by atoms with Crippen LogP contribution in [0, 0.1) is 12.7 Å². The summed E-state index contributed by atoms with van der Waals surface area (Å²) in [5.74, 6) is -1.69. The van der Waals surface area contributed by atoms with E-state index in [-0.39, 0.29) is 11.4 Å². The monoisotopic (exact) mass is 246 g/mol. The van der Waals surface area contributed by atoms with E-state index >= 15 is 0 Å². The maximum absolute atomic E-state index is 13.6. The standard InChI is InChI=1S/C12H11FN4O/c1-7-6-8(2-4-15-7)17-12(18)9-3-5-16-11(14)10(9)13/h2-6H,1H3,(H2,14,16)(H,15,17,18). The molecule has 0 saturated carbocycles. The minimum absolute atomic E-state index is 0.142. The number of carbonyl (C=O) groups excluding carboxylic acids is 1. The lowest BCUT2D eigenvalue weighted by Gasteiger charge is -2.07. The Balaban J connectivity index is 2.25. The van der Waals surface area contributed by atoms with Gasteiger partial charge in [0.15, 0.2) is 11.6 Å². The lowest BCUT2D eigenvalue weighted by atomic mass is 10.2. The molecule has 2 aromatic rings. The fourth-order valence-electron chi connectivity index (χ4n) is 1.46. The van der Waals surface area contributed by atoms with E-state index in [4.69, 9.17) is 5.73 Å². The number of hydrogen-bond donors (Lipinski definition) is 2. The van der Waals surface area contributed by atoms with Gasteiger partial charge in [-0.15, -0.1) is 0 Å². The van der Waals surface area contributed by atoms with Crippen LogP contribution in [-0.4, -0.2) is 15.9 Å². The molecule has 6 heteroatoms. The number of rotatable bonds is 2. The summed E-state index contributed by atoms with van der Waals surface area (Å²) in [7, 11) is 0. The van der Waals surface area contributed by atoms with Crippen LogP contribution in [0.5, 0.6) is 0 Å². The number of halogens is 1. The van der Waals surface area contributed by atoms with Crippen LogP contribution in [0.15, 0.2) is 30.6 Å². The fourth-order valence-corrected chi connectivity index (χ4v) is 1.46. The Labute approximate surface area is 103 Å². The Kier molecular flexibility index (Phi) is 3.18. The van der Waals surface area contributed by atoms with Crippen molar-refractivity contribution in [3.8, 4) is 0 Å². The van der Waals surface area contributed by atoms with Crippen LogP contribution in [-0.2, 0) is 0 Å². The van der Waals surface area contributed by atoms with Gasteiger partial charge < -0.3 is 11.1 Å². The normalized spacial score (nSPS) is 10.1. The molecule has 0 radical (unpaired) electrons.